The van der Waals surface area contributed by atoms with Gasteiger partial charge in [0.05, 0.1) is 18.4 Å². The minimum absolute atomic E-state index is 0.213. The van der Waals surface area contributed by atoms with Crippen molar-refractivity contribution in [3.8, 4) is 0 Å². The Morgan fingerprint density at radius 2 is 2.56 bits per heavy atom. The van der Waals surface area contributed by atoms with Gasteiger partial charge in [-0.2, -0.15) is 0 Å². The first-order valence-electron chi connectivity index (χ1n) is 5.95. The summed E-state index contributed by atoms with van der Waals surface area (Å²) in [5.74, 6) is 0. The number of ether oxygens (including phenoxy) is 1. The molecule has 0 bridgehead atoms. The fourth-order valence-corrected chi connectivity index (χ4v) is 2.01. The zero-order valence-corrected chi connectivity index (χ0v) is 11.2. The van der Waals surface area contributed by atoms with Crippen molar-refractivity contribution in [1.82, 2.24) is 9.88 Å². The van der Waals surface area contributed by atoms with E-state index in [1.165, 1.54) is 0 Å². The van der Waals surface area contributed by atoms with Crippen molar-refractivity contribution in [2.45, 2.75) is 6.10 Å². The minimum atomic E-state index is 0.213. The first kappa shape index (κ1) is 13.2. The number of likely N-dealkylation sites (N-methyl/N-ethyl adjacent to an activating group) is 1. The zero-order valence-electron chi connectivity index (χ0n) is 10.4. The maximum atomic E-state index is 5.68. The average Bonchev–Trinajstić information content (AvgIpc) is 2.37. The van der Waals surface area contributed by atoms with E-state index in [-0.39, 0.29) is 6.10 Å². The molecule has 98 valence electrons. The molecule has 1 aromatic rings. The van der Waals surface area contributed by atoms with Gasteiger partial charge >= 0.3 is 0 Å². The molecular weight excluding hydrogens is 248 g/mol. The highest BCUT2D eigenvalue weighted by atomic mass is 32.1. The number of anilines is 1. The number of nitrogens with zero attached hydrogens (tertiary/aromatic N) is 2. The number of aromatic nitrogens is 1. The Hall–Kier alpha value is -1.24. The predicted molar refractivity (Wildman–Crippen MR) is 75.9 cm³/mol. The lowest BCUT2D eigenvalue weighted by Crippen LogP contribution is -2.43. The molecule has 3 N–H and O–H groups in total. The van der Waals surface area contributed by atoms with Crippen LogP contribution in [-0.2, 0) is 4.74 Å². The third-order valence-corrected chi connectivity index (χ3v) is 3.10. The average molecular weight is 266 g/mol. The van der Waals surface area contributed by atoms with E-state index in [0.717, 1.165) is 31.9 Å². The van der Waals surface area contributed by atoms with E-state index in [1.807, 2.05) is 12.1 Å². The van der Waals surface area contributed by atoms with Crippen LogP contribution in [0.1, 0.15) is 5.69 Å². The third kappa shape index (κ3) is 3.63. The Kier molecular flexibility index (Phi) is 4.46. The van der Waals surface area contributed by atoms with Gasteiger partial charge in [-0.05, 0) is 19.2 Å². The van der Waals surface area contributed by atoms with Crippen LogP contribution in [0.25, 0.3) is 0 Å². The zero-order chi connectivity index (χ0) is 13.0. The van der Waals surface area contributed by atoms with Crippen LogP contribution in [0.2, 0.25) is 0 Å². The number of hydrogen-bond donors (Lipinski definition) is 2. The molecule has 1 aliphatic rings. The summed E-state index contributed by atoms with van der Waals surface area (Å²) in [5, 5.41) is 3.32. The number of morpholine rings is 1. The van der Waals surface area contributed by atoms with Gasteiger partial charge in [-0.3, -0.25) is 4.98 Å². The second kappa shape index (κ2) is 6.08. The van der Waals surface area contributed by atoms with Crippen molar-refractivity contribution in [3.05, 3.63) is 24.0 Å². The number of nitrogens with two attached hydrogens (primary N) is 1. The van der Waals surface area contributed by atoms with Gasteiger partial charge in [-0.1, -0.05) is 12.2 Å². The van der Waals surface area contributed by atoms with Crippen LogP contribution in [0.5, 0.6) is 0 Å². The van der Waals surface area contributed by atoms with Gasteiger partial charge < -0.3 is 20.7 Å². The normalized spacial score (nSPS) is 20.6. The van der Waals surface area contributed by atoms with E-state index in [2.05, 4.69) is 22.2 Å². The largest absolute Gasteiger partial charge is 0.388 e. The van der Waals surface area contributed by atoms with E-state index in [0.29, 0.717) is 10.7 Å². The van der Waals surface area contributed by atoms with Crippen LogP contribution >= 0.6 is 12.2 Å². The summed E-state index contributed by atoms with van der Waals surface area (Å²) < 4.78 is 5.68. The molecule has 0 aromatic carbocycles. The highest BCUT2D eigenvalue weighted by Crippen LogP contribution is 2.10. The van der Waals surface area contributed by atoms with Crippen LogP contribution < -0.4 is 11.1 Å². The minimum Gasteiger partial charge on any atom is -0.388 e. The van der Waals surface area contributed by atoms with E-state index in [1.54, 1.807) is 6.20 Å². The Morgan fingerprint density at radius 3 is 3.28 bits per heavy atom. The molecule has 2 heterocycles. The molecule has 5 nitrogen and oxygen atoms in total. The number of nitrogens with one attached hydrogen (secondary N) is 1. The number of thiocarbonyl (C=S) groups is 1. The lowest BCUT2D eigenvalue weighted by atomic mass is 10.2. The SMILES string of the molecule is CN1CCOC(CNc2ccnc(C(N)=S)c2)C1. The molecule has 0 spiro atoms. The molecule has 6 heteroatoms. The van der Waals surface area contributed by atoms with E-state index >= 15 is 0 Å². The van der Waals surface area contributed by atoms with E-state index < -0.39 is 0 Å². The Balaban J connectivity index is 1.89. The second-order valence-corrected chi connectivity index (χ2v) is 4.87. The van der Waals surface area contributed by atoms with E-state index in [4.69, 9.17) is 22.7 Å². The topological polar surface area (TPSA) is 63.4 Å². The van der Waals surface area contributed by atoms with Gasteiger partial charge in [0.2, 0.25) is 0 Å². The molecule has 0 radical (unpaired) electrons. The Bertz CT molecular complexity index is 426. The molecule has 2 rings (SSSR count). The molecule has 1 aliphatic heterocycles. The van der Waals surface area contributed by atoms with Crippen LogP contribution in [0, 0.1) is 0 Å². The smallest absolute Gasteiger partial charge is 0.122 e. The lowest BCUT2D eigenvalue weighted by Gasteiger charge is -2.30. The molecule has 18 heavy (non-hydrogen) atoms. The molecule has 1 saturated heterocycles. The van der Waals surface area contributed by atoms with Crippen molar-refractivity contribution < 1.29 is 4.74 Å². The van der Waals surface area contributed by atoms with Crippen LogP contribution in [0.3, 0.4) is 0 Å². The van der Waals surface area contributed by atoms with Crippen LogP contribution in [-0.4, -0.2) is 54.3 Å². The summed E-state index contributed by atoms with van der Waals surface area (Å²) in [4.78, 5) is 6.68. The van der Waals surface area contributed by atoms with Crippen molar-refractivity contribution in [1.29, 1.82) is 0 Å². The van der Waals surface area contributed by atoms with Gasteiger partial charge in [-0.15, -0.1) is 0 Å². The summed E-state index contributed by atoms with van der Waals surface area (Å²) >= 11 is 4.90. The maximum Gasteiger partial charge on any atom is 0.122 e. The van der Waals surface area contributed by atoms with Gasteiger partial charge in [0.15, 0.2) is 0 Å². The standard InChI is InChI=1S/C12H18N4OS/c1-16-4-5-17-10(8-16)7-15-9-2-3-14-11(6-9)12(13)18/h2-3,6,10H,4-5,7-8H2,1H3,(H2,13,18)(H,14,15). The quantitative estimate of drug-likeness (QED) is 0.772. The summed E-state index contributed by atoms with van der Waals surface area (Å²) in [7, 11) is 2.10. The van der Waals surface area contributed by atoms with Crippen LogP contribution in [0.4, 0.5) is 5.69 Å². The molecule has 1 atom stereocenters. The molecule has 1 unspecified atom stereocenters. The molecule has 0 amide bonds. The van der Waals surface area contributed by atoms with Crippen molar-refractivity contribution >= 4 is 22.9 Å². The van der Waals surface area contributed by atoms with Gasteiger partial charge in [0.25, 0.3) is 0 Å². The van der Waals surface area contributed by atoms with Gasteiger partial charge in [0.1, 0.15) is 4.99 Å². The molecule has 1 fully saturated rings. The van der Waals surface area contributed by atoms with Crippen molar-refractivity contribution in [2.24, 2.45) is 5.73 Å². The number of hydrogen-bond acceptors (Lipinski definition) is 5. The number of rotatable bonds is 4. The first-order valence-corrected chi connectivity index (χ1v) is 6.36. The summed E-state index contributed by atoms with van der Waals surface area (Å²) in [6, 6.07) is 3.75. The fourth-order valence-electron chi connectivity index (χ4n) is 1.90. The first-order chi connectivity index (χ1) is 8.65. The van der Waals surface area contributed by atoms with Crippen molar-refractivity contribution in [2.75, 3.05) is 38.6 Å². The predicted octanol–water partition coefficient (Wildman–Crippen LogP) is 0.458. The van der Waals surface area contributed by atoms with Gasteiger partial charge in [-0.25, -0.2) is 0 Å². The molecular formula is C12H18N4OS. The van der Waals surface area contributed by atoms with Crippen LogP contribution in [0.15, 0.2) is 18.3 Å². The fraction of sp³-hybridized carbons (Fsp3) is 0.500. The monoisotopic (exact) mass is 266 g/mol. The summed E-state index contributed by atoms with van der Waals surface area (Å²) in [5.41, 5.74) is 7.15. The summed E-state index contributed by atoms with van der Waals surface area (Å²) in [6.07, 6.45) is 1.91. The van der Waals surface area contributed by atoms with Crippen molar-refractivity contribution in [3.63, 3.8) is 0 Å². The third-order valence-electron chi connectivity index (χ3n) is 2.89. The lowest BCUT2D eigenvalue weighted by molar-refractivity contribution is -0.0117. The van der Waals surface area contributed by atoms with Gasteiger partial charge in [0, 0.05) is 31.5 Å². The molecule has 0 saturated carbocycles. The Morgan fingerprint density at radius 1 is 1.72 bits per heavy atom. The second-order valence-electron chi connectivity index (χ2n) is 4.43. The Labute approximate surface area is 112 Å². The molecule has 1 aromatic heterocycles. The summed E-state index contributed by atoms with van der Waals surface area (Å²) in [6.45, 7) is 3.50. The highest BCUT2D eigenvalue weighted by Gasteiger charge is 2.17. The number of pyridine rings is 1. The maximum absolute atomic E-state index is 5.68. The highest BCUT2D eigenvalue weighted by molar-refractivity contribution is 7.80. The van der Waals surface area contributed by atoms with E-state index in [9.17, 15) is 0 Å². The molecule has 0 aliphatic carbocycles.